The van der Waals surface area contributed by atoms with Crippen LogP contribution in [0.2, 0.25) is 5.15 Å². The SMILES string of the molecule is NC1CCCn2c(Cc3ccco3)nc(Cl)c21. The van der Waals surface area contributed by atoms with Crippen LogP contribution in [0.15, 0.2) is 22.8 Å². The first-order valence-corrected chi connectivity index (χ1v) is 6.16. The van der Waals surface area contributed by atoms with Gasteiger partial charge in [-0.25, -0.2) is 4.98 Å². The summed E-state index contributed by atoms with van der Waals surface area (Å²) in [6.45, 7) is 0.943. The van der Waals surface area contributed by atoms with Gasteiger partial charge in [0.05, 0.1) is 18.4 Å². The molecule has 17 heavy (non-hydrogen) atoms. The zero-order valence-electron chi connectivity index (χ0n) is 9.40. The normalized spacial score (nSPS) is 19.3. The number of nitrogens with two attached hydrogens (primary N) is 1. The predicted molar refractivity (Wildman–Crippen MR) is 64.9 cm³/mol. The molecule has 4 nitrogen and oxygen atoms in total. The summed E-state index contributed by atoms with van der Waals surface area (Å²) in [5, 5.41) is 0.541. The molecular formula is C12H14ClN3O. The van der Waals surface area contributed by atoms with Crippen molar-refractivity contribution in [3.8, 4) is 0 Å². The lowest BCUT2D eigenvalue weighted by molar-refractivity contribution is 0.447. The monoisotopic (exact) mass is 251 g/mol. The molecule has 0 aromatic carbocycles. The Morgan fingerprint density at radius 3 is 3.24 bits per heavy atom. The van der Waals surface area contributed by atoms with E-state index in [1.807, 2.05) is 12.1 Å². The van der Waals surface area contributed by atoms with E-state index >= 15 is 0 Å². The molecule has 1 atom stereocenters. The Morgan fingerprint density at radius 1 is 1.59 bits per heavy atom. The van der Waals surface area contributed by atoms with Crippen molar-refractivity contribution in [1.29, 1.82) is 0 Å². The van der Waals surface area contributed by atoms with Gasteiger partial charge in [0.2, 0.25) is 0 Å². The molecule has 0 radical (unpaired) electrons. The molecular weight excluding hydrogens is 238 g/mol. The molecule has 5 heteroatoms. The molecule has 0 bridgehead atoms. The van der Waals surface area contributed by atoms with Crippen molar-refractivity contribution >= 4 is 11.6 Å². The van der Waals surface area contributed by atoms with Crippen molar-refractivity contribution in [2.45, 2.75) is 31.8 Å². The number of halogens is 1. The highest BCUT2D eigenvalue weighted by molar-refractivity contribution is 6.30. The second-order valence-electron chi connectivity index (χ2n) is 4.36. The molecule has 1 unspecified atom stereocenters. The van der Waals surface area contributed by atoms with E-state index in [1.54, 1.807) is 6.26 Å². The van der Waals surface area contributed by atoms with E-state index in [0.29, 0.717) is 11.6 Å². The molecule has 0 saturated carbocycles. The molecule has 0 fully saturated rings. The first kappa shape index (κ1) is 10.9. The van der Waals surface area contributed by atoms with Gasteiger partial charge in [0.25, 0.3) is 0 Å². The van der Waals surface area contributed by atoms with Gasteiger partial charge in [0.15, 0.2) is 5.15 Å². The minimum atomic E-state index is 0.00843. The fourth-order valence-electron chi connectivity index (χ4n) is 2.39. The van der Waals surface area contributed by atoms with Gasteiger partial charge in [-0.05, 0) is 25.0 Å². The molecule has 0 spiro atoms. The second-order valence-corrected chi connectivity index (χ2v) is 4.72. The molecule has 1 aliphatic heterocycles. The van der Waals surface area contributed by atoms with E-state index < -0.39 is 0 Å². The van der Waals surface area contributed by atoms with E-state index in [2.05, 4.69) is 9.55 Å². The van der Waals surface area contributed by atoms with E-state index in [9.17, 15) is 0 Å². The third-order valence-corrected chi connectivity index (χ3v) is 3.48. The van der Waals surface area contributed by atoms with Crippen molar-refractivity contribution in [2.75, 3.05) is 0 Å². The van der Waals surface area contributed by atoms with E-state index in [0.717, 1.165) is 36.7 Å². The summed E-state index contributed by atoms with van der Waals surface area (Å²) in [6.07, 6.45) is 4.39. The molecule has 90 valence electrons. The minimum absolute atomic E-state index is 0.00843. The minimum Gasteiger partial charge on any atom is -0.469 e. The lowest BCUT2D eigenvalue weighted by Crippen LogP contribution is -2.22. The topological polar surface area (TPSA) is 57.0 Å². The summed E-state index contributed by atoms with van der Waals surface area (Å²) in [7, 11) is 0. The van der Waals surface area contributed by atoms with Gasteiger partial charge in [-0.3, -0.25) is 0 Å². The molecule has 1 aliphatic rings. The molecule has 0 aliphatic carbocycles. The van der Waals surface area contributed by atoms with Crippen LogP contribution in [0.1, 0.15) is 36.2 Å². The van der Waals surface area contributed by atoms with Crippen molar-refractivity contribution in [2.24, 2.45) is 5.73 Å². The first-order chi connectivity index (χ1) is 8.25. The Kier molecular flexibility index (Phi) is 2.68. The summed E-state index contributed by atoms with van der Waals surface area (Å²) >= 11 is 6.16. The van der Waals surface area contributed by atoms with Gasteiger partial charge in [-0.15, -0.1) is 0 Å². The van der Waals surface area contributed by atoms with Crippen LogP contribution in [0.5, 0.6) is 0 Å². The van der Waals surface area contributed by atoms with Crippen LogP contribution < -0.4 is 5.73 Å². The molecule has 3 rings (SSSR count). The van der Waals surface area contributed by atoms with Gasteiger partial charge >= 0.3 is 0 Å². The Balaban J connectivity index is 1.98. The Morgan fingerprint density at radius 2 is 2.47 bits per heavy atom. The van der Waals surface area contributed by atoms with Gasteiger partial charge in [0.1, 0.15) is 11.6 Å². The molecule has 0 amide bonds. The van der Waals surface area contributed by atoms with Gasteiger partial charge < -0.3 is 14.7 Å². The van der Waals surface area contributed by atoms with Crippen LogP contribution in [-0.4, -0.2) is 9.55 Å². The maximum atomic E-state index is 6.16. The summed E-state index contributed by atoms with van der Waals surface area (Å²) < 4.78 is 7.47. The smallest absolute Gasteiger partial charge is 0.152 e. The third-order valence-electron chi connectivity index (χ3n) is 3.20. The standard InChI is InChI=1S/C12H14ClN3O/c13-12-11-9(14)4-1-5-16(11)10(15-12)7-8-3-2-6-17-8/h2-3,6,9H,1,4-5,7,14H2. The number of nitrogens with zero attached hydrogens (tertiary/aromatic N) is 2. The zero-order valence-corrected chi connectivity index (χ0v) is 10.2. The van der Waals surface area contributed by atoms with Crippen LogP contribution in [0.25, 0.3) is 0 Å². The Labute approximate surface area is 104 Å². The lowest BCUT2D eigenvalue weighted by Gasteiger charge is -2.22. The largest absolute Gasteiger partial charge is 0.469 e. The molecule has 2 aromatic rings. The zero-order chi connectivity index (χ0) is 11.8. The number of rotatable bonds is 2. The van der Waals surface area contributed by atoms with Crippen LogP contribution >= 0.6 is 11.6 Å². The van der Waals surface area contributed by atoms with Crippen LogP contribution in [0.3, 0.4) is 0 Å². The Hall–Kier alpha value is -1.26. The van der Waals surface area contributed by atoms with Crippen molar-refractivity contribution < 1.29 is 4.42 Å². The molecule has 2 N–H and O–H groups in total. The first-order valence-electron chi connectivity index (χ1n) is 5.78. The van der Waals surface area contributed by atoms with Crippen LogP contribution in [0.4, 0.5) is 0 Å². The van der Waals surface area contributed by atoms with E-state index in [-0.39, 0.29) is 6.04 Å². The summed E-state index contributed by atoms with van der Waals surface area (Å²) in [4.78, 5) is 4.41. The quantitative estimate of drug-likeness (QED) is 0.892. The van der Waals surface area contributed by atoms with Crippen molar-refractivity contribution in [1.82, 2.24) is 9.55 Å². The van der Waals surface area contributed by atoms with Crippen molar-refractivity contribution in [3.63, 3.8) is 0 Å². The lowest BCUT2D eigenvalue weighted by atomic mass is 10.1. The summed E-state index contributed by atoms with van der Waals surface area (Å²) in [5.74, 6) is 1.84. The fourth-order valence-corrected chi connectivity index (χ4v) is 2.73. The maximum absolute atomic E-state index is 6.16. The number of furan rings is 1. The summed E-state index contributed by atoms with van der Waals surface area (Å²) in [6, 6.07) is 3.83. The van der Waals surface area contributed by atoms with Crippen LogP contribution in [0, 0.1) is 0 Å². The highest BCUT2D eigenvalue weighted by Gasteiger charge is 2.24. The fraction of sp³-hybridized carbons (Fsp3) is 0.417. The number of imidazole rings is 1. The van der Waals surface area contributed by atoms with E-state index in [1.165, 1.54) is 0 Å². The predicted octanol–water partition coefficient (Wildman–Crippen LogP) is 2.51. The number of fused-ring (bicyclic) bond motifs is 1. The van der Waals surface area contributed by atoms with Crippen molar-refractivity contribution in [3.05, 3.63) is 40.8 Å². The van der Waals surface area contributed by atoms with Gasteiger partial charge in [-0.2, -0.15) is 0 Å². The average Bonchev–Trinajstić information content (AvgIpc) is 2.90. The number of aromatic nitrogens is 2. The summed E-state index contributed by atoms with van der Waals surface area (Å²) in [5.41, 5.74) is 7.04. The average molecular weight is 252 g/mol. The van der Waals surface area contributed by atoms with Gasteiger partial charge in [-0.1, -0.05) is 11.6 Å². The number of hydrogen-bond donors (Lipinski definition) is 1. The number of hydrogen-bond acceptors (Lipinski definition) is 3. The highest BCUT2D eigenvalue weighted by atomic mass is 35.5. The van der Waals surface area contributed by atoms with Gasteiger partial charge in [0, 0.05) is 12.6 Å². The second kappa shape index (κ2) is 4.20. The molecule has 0 saturated heterocycles. The van der Waals surface area contributed by atoms with Crippen LogP contribution in [-0.2, 0) is 13.0 Å². The highest BCUT2D eigenvalue weighted by Crippen LogP contribution is 2.31. The molecule has 3 heterocycles. The maximum Gasteiger partial charge on any atom is 0.152 e. The Bertz CT molecular complexity index is 518. The molecule has 2 aromatic heterocycles. The third kappa shape index (κ3) is 1.87. The van der Waals surface area contributed by atoms with E-state index in [4.69, 9.17) is 21.8 Å².